The Morgan fingerprint density at radius 1 is 1.33 bits per heavy atom. The predicted octanol–water partition coefficient (Wildman–Crippen LogP) is 1.47. The van der Waals surface area contributed by atoms with Gasteiger partial charge in [-0.3, -0.25) is 14.7 Å². The summed E-state index contributed by atoms with van der Waals surface area (Å²) in [5.41, 5.74) is 0.826. The van der Waals surface area contributed by atoms with E-state index in [2.05, 4.69) is 20.5 Å². The summed E-state index contributed by atoms with van der Waals surface area (Å²) in [5, 5.41) is 8.40. The summed E-state index contributed by atoms with van der Waals surface area (Å²) in [6.45, 7) is 5.66. The molecule has 2 aromatic rings. The Bertz CT molecular complexity index is 632. The Kier molecular flexibility index (Phi) is 4.13. The van der Waals surface area contributed by atoms with E-state index in [9.17, 15) is 4.79 Å². The van der Waals surface area contributed by atoms with Gasteiger partial charge in [0.15, 0.2) is 0 Å². The van der Waals surface area contributed by atoms with E-state index in [0.29, 0.717) is 0 Å². The minimum absolute atomic E-state index is 0.0354. The lowest BCUT2D eigenvalue weighted by Gasteiger charge is -2.31. The summed E-state index contributed by atoms with van der Waals surface area (Å²) >= 11 is 0. The molecule has 1 unspecified atom stereocenters. The maximum absolute atomic E-state index is 12.5. The van der Waals surface area contributed by atoms with Crippen LogP contribution in [-0.2, 0) is 4.79 Å². The lowest BCUT2D eigenvalue weighted by molar-refractivity contribution is -0.120. The van der Waals surface area contributed by atoms with Crippen LogP contribution < -0.4 is 10.6 Å². The molecule has 1 saturated heterocycles. The molecule has 2 heterocycles. The van der Waals surface area contributed by atoms with Crippen molar-refractivity contribution >= 4 is 22.4 Å². The number of amides is 1. The third-order valence-electron chi connectivity index (χ3n) is 4.02. The van der Waals surface area contributed by atoms with Gasteiger partial charge in [-0.25, -0.2) is 0 Å². The van der Waals surface area contributed by atoms with E-state index in [1.54, 1.807) is 12.4 Å². The zero-order valence-electron chi connectivity index (χ0n) is 12.2. The number of fused-ring (bicyclic) bond motifs is 1. The minimum Gasteiger partial charge on any atom is -0.324 e. The second-order valence-corrected chi connectivity index (χ2v) is 5.35. The van der Waals surface area contributed by atoms with Crippen LogP contribution in [0.1, 0.15) is 6.92 Å². The van der Waals surface area contributed by atoms with Crippen molar-refractivity contribution in [3.05, 3.63) is 36.7 Å². The van der Waals surface area contributed by atoms with Crippen molar-refractivity contribution in [2.24, 2.45) is 0 Å². The molecule has 1 aliphatic rings. The Morgan fingerprint density at radius 3 is 2.95 bits per heavy atom. The maximum Gasteiger partial charge on any atom is 0.241 e. The number of rotatable bonds is 3. The highest BCUT2D eigenvalue weighted by Gasteiger charge is 2.22. The molecule has 0 spiro atoms. The van der Waals surface area contributed by atoms with Gasteiger partial charge in [-0.1, -0.05) is 12.1 Å². The molecule has 2 N–H and O–H groups in total. The average Bonchev–Trinajstić information content (AvgIpc) is 2.55. The van der Waals surface area contributed by atoms with Gasteiger partial charge in [0.25, 0.3) is 0 Å². The van der Waals surface area contributed by atoms with Gasteiger partial charge in [0, 0.05) is 44.0 Å². The quantitative estimate of drug-likeness (QED) is 0.896. The van der Waals surface area contributed by atoms with Crippen molar-refractivity contribution in [2.75, 3.05) is 31.5 Å². The average molecular weight is 284 g/mol. The van der Waals surface area contributed by atoms with Crippen molar-refractivity contribution in [3.63, 3.8) is 0 Å². The fraction of sp³-hybridized carbons (Fsp3) is 0.375. The van der Waals surface area contributed by atoms with E-state index in [0.717, 1.165) is 42.6 Å². The van der Waals surface area contributed by atoms with Gasteiger partial charge in [0.05, 0.1) is 11.7 Å². The number of benzene rings is 1. The van der Waals surface area contributed by atoms with Gasteiger partial charge in [0.1, 0.15) is 0 Å². The van der Waals surface area contributed by atoms with Crippen LogP contribution in [0.4, 0.5) is 5.69 Å². The molecule has 110 valence electrons. The highest BCUT2D eigenvalue weighted by atomic mass is 16.2. The molecule has 0 aliphatic carbocycles. The molecule has 5 heteroatoms. The molecule has 0 radical (unpaired) electrons. The van der Waals surface area contributed by atoms with E-state index >= 15 is 0 Å². The number of nitrogens with one attached hydrogen (secondary N) is 2. The third-order valence-corrected chi connectivity index (χ3v) is 4.02. The van der Waals surface area contributed by atoms with Crippen molar-refractivity contribution in [2.45, 2.75) is 13.0 Å². The Balaban J connectivity index is 1.76. The highest BCUT2D eigenvalue weighted by Crippen LogP contribution is 2.22. The van der Waals surface area contributed by atoms with Crippen LogP contribution in [0.25, 0.3) is 10.8 Å². The molecule has 1 fully saturated rings. The summed E-state index contributed by atoms with van der Waals surface area (Å²) in [7, 11) is 0. The maximum atomic E-state index is 12.5. The van der Waals surface area contributed by atoms with Crippen LogP contribution in [0.3, 0.4) is 0 Å². The van der Waals surface area contributed by atoms with Crippen LogP contribution in [0.2, 0.25) is 0 Å². The molecule has 1 amide bonds. The smallest absolute Gasteiger partial charge is 0.241 e. The van der Waals surface area contributed by atoms with Gasteiger partial charge in [-0.15, -0.1) is 0 Å². The molecule has 0 bridgehead atoms. The number of hydrogen-bond donors (Lipinski definition) is 2. The molecule has 1 aromatic heterocycles. The van der Waals surface area contributed by atoms with Crippen molar-refractivity contribution in [1.82, 2.24) is 15.2 Å². The first-order valence-corrected chi connectivity index (χ1v) is 7.34. The monoisotopic (exact) mass is 284 g/mol. The standard InChI is InChI=1S/C16H20N4O/c1-12(20-9-7-17-8-10-20)16(21)19-15-4-2-3-13-5-6-18-11-14(13)15/h2-6,11-12,17H,7-10H2,1H3,(H,19,21). The summed E-state index contributed by atoms with van der Waals surface area (Å²) in [6.07, 6.45) is 3.55. The van der Waals surface area contributed by atoms with E-state index in [1.807, 2.05) is 31.2 Å². The fourth-order valence-corrected chi connectivity index (χ4v) is 2.69. The molecular weight excluding hydrogens is 264 g/mol. The molecule has 1 atom stereocenters. The van der Waals surface area contributed by atoms with Crippen molar-refractivity contribution in [1.29, 1.82) is 0 Å². The number of aromatic nitrogens is 1. The lowest BCUT2D eigenvalue weighted by Crippen LogP contribution is -2.51. The van der Waals surface area contributed by atoms with Crippen LogP contribution in [0.15, 0.2) is 36.7 Å². The molecular formula is C16H20N4O. The zero-order chi connectivity index (χ0) is 14.7. The van der Waals surface area contributed by atoms with Gasteiger partial charge < -0.3 is 10.6 Å². The van der Waals surface area contributed by atoms with Crippen LogP contribution in [0.5, 0.6) is 0 Å². The van der Waals surface area contributed by atoms with E-state index in [4.69, 9.17) is 0 Å². The second kappa shape index (κ2) is 6.20. The van der Waals surface area contributed by atoms with Gasteiger partial charge >= 0.3 is 0 Å². The minimum atomic E-state index is -0.126. The number of carbonyl (C=O) groups is 1. The molecule has 3 rings (SSSR count). The SMILES string of the molecule is CC(C(=O)Nc1cccc2ccncc12)N1CCNCC1. The van der Waals surface area contributed by atoms with Crippen molar-refractivity contribution in [3.8, 4) is 0 Å². The third kappa shape index (κ3) is 3.04. The van der Waals surface area contributed by atoms with Crippen LogP contribution in [0, 0.1) is 0 Å². The summed E-state index contributed by atoms with van der Waals surface area (Å²) in [6, 6.07) is 7.72. The van der Waals surface area contributed by atoms with E-state index < -0.39 is 0 Å². The second-order valence-electron chi connectivity index (χ2n) is 5.35. The fourth-order valence-electron chi connectivity index (χ4n) is 2.69. The van der Waals surface area contributed by atoms with Crippen LogP contribution in [-0.4, -0.2) is 48.0 Å². The Morgan fingerprint density at radius 2 is 2.14 bits per heavy atom. The first-order valence-electron chi connectivity index (χ1n) is 7.34. The predicted molar refractivity (Wildman–Crippen MR) is 84.3 cm³/mol. The highest BCUT2D eigenvalue weighted by molar-refractivity contribution is 6.03. The number of piperazine rings is 1. The molecule has 5 nitrogen and oxygen atoms in total. The Labute approximate surface area is 124 Å². The number of carbonyl (C=O) groups excluding carboxylic acids is 1. The lowest BCUT2D eigenvalue weighted by atomic mass is 10.1. The largest absolute Gasteiger partial charge is 0.324 e. The van der Waals surface area contributed by atoms with Gasteiger partial charge in [-0.05, 0) is 24.4 Å². The van der Waals surface area contributed by atoms with Gasteiger partial charge in [-0.2, -0.15) is 0 Å². The number of hydrogen-bond acceptors (Lipinski definition) is 4. The van der Waals surface area contributed by atoms with Gasteiger partial charge in [0.2, 0.25) is 5.91 Å². The molecule has 1 aliphatic heterocycles. The van der Waals surface area contributed by atoms with Crippen molar-refractivity contribution < 1.29 is 4.79 Å². The van der Waals surface area contributed by atoms with E-state index in [-0.39, 0.29) is 11.9 Å². The zero-order valence-corrected chi connectivity index (χ0v) is 12.2. The Hall–Kier alpha value is -1.98. The first kappa shape index (κ1) is 14.0. The van der Waals surface area contributed by atoms with Crippen LogP contribution >= 0.6 is 0 Å². The molecule has 0 saturated carbocycles. The summed E-state index contributed by atoms with van der Waals surface area (Å²) in [5.74, 6) is 0.0354. The topological polar surface area (TPSA) is 57.3 Å². The number of anilines is 1. The first-order chi connectivity index (χ1) is 10.3. The van der Waals surface area contributed by atoms with E-state index in [1.165, 1.54) is 0 Å². The molecule has 1 aromatic carbocycles. The molecule has 21 heavy (non-hydrogen) atoms. The summed E-state index contributed by atoms with van der Waals surface area (Å²) in [4.78, 5) is 18.8. The normalized spacial score (nSPS) is 17.6. The summed E-state index contributed by atoms with van der Waals surface area (Å²) < 4.78 is 0. The number of nitrogens with zero attached hydrogens (tertiary/aromatic N) is 2. The number of pyridine rings is 1.